The van der Waals surface area contributed by atoms with Crippen LogP contribution in [0.15, 0.2) is 22.8 Å². The molecule has 0 aromatic carbocycles. The first-order valence-electron chi connectivity index (χ1n) is 7.62. The van der Waals surface area contributed by atoms with Crippen LogP contribution in [-0.4, -0.2) is 6.04 Å². The van der Waals surface area contributed by atoms with Crippen molar-refractivity contribution in [1.82, 2.24) is 5.32 Å². The van der Waals surface area contributed by atoms with E-state index in [4.69, 9.17) is 4.42 Å². The van der Waals surface area contributed by atoms with E-state index in [2.05, 4.69) is 19.2 Å². The van der Waals surface area contributed by atoms with Gasteiger partial charge in [-0.25, -0.2) is 0 Å². The van der Waals surface area contributed by atoms with Crippen molar-refractivity contribution in [3.05, 3.63) is 24.2 Å². The summed E-state index contributed by atoms with van der Waals surface area (Å²) in [6, 6.07) is 4.66. The summed E-state index contributed by atoms with van der Waals surface area (Å²) >= 11 is 0. The van der Waals surface area contributed by atoms with Crippen molar-refractivity contribution in [2.45, 2.75) is 77.8 Å². The highest BCUT2D eigenvalue weighted by molar-refractivity contribution is 4.97. The van der Waals surface area contributed by atoms with Crippen molar-refractivity contribution in [3.63, 3.8) is 0 Å². The fourth-order valence-electron chi connectivity index (χ4n) is 2.29. The van der Waals surface area contributed by atoms with E-state index in [1.807, 2.05) is 12.1 Å². The van der Waals surface area contributed by atoms with Gasteiger partial charge >= 0.3 is 0 Å². The first kappa shape index (κ1) is 15.3. The third-order valence-corrected chi connectivity index (χ3v) is 3.46. The number of rotatable bonds is 11. The van der Waals surface area contributed by atoms with Gasteiger partial charge in [0.2, 0.25) is 0 Å². The highest BCUT2D eigenvalue weighted by atomic mass is 16.3. The lowest BCUT2D eigenvalue weighted by molar-refractivity contribution is 0.391. The maximum atomic E-state index is 5.37. The lowest BCUT2D eigenvalue weighted by Gasteiger charge is -2.18. The molecule has 1 heterocycles. The highest BCUT2D eigenvalue weighted by Crippen LogP contribution is 2.12. The Hall–Kier alpha value is -0.760. The Morgan fingerprint density at radius 1 is 1.06 bits per heavy atom. The zero-order valence-electron chi connectivity index (χ0n) is 12.1. The molecule has 1 rings (SSSR count). The van der Waals surface area contributed by atoms with Gasteiger partial charge in [0.1, 0.15) is 5.76 Å². The monoisotopic (exact) mass is 251 g/mol. The Balaban J connectivity index is 2.23. The van der Waals surface area contributed by atoms with Crippen molar-refractivity contribution in [3.8, 4) is 0 Å². The molecule has 1 N–H and O–H groups in total. The number of nitrogens with one attached hydrogen (secondary N) is 1. The molecule has 2 heteroatoms. The molecule has 0 saturated heterocycles. The van der Waals surface area contributed by atoms with Gasteiger partial charge in [-0.1, -0.05) is 52.4 Å². The normalized spacial score (nSPS) is 11.3. The molecule has 0 amide bonds. The van der Waals surface area contributed by atoms with Crippen LogP contribution in [0.2, 0.25) is 0 Å². The molecule has 0 aliphatic rings. The van der Waals surface area contributed by atoms with E-state index in [1.165, 1.54) is 51.4 Å². The maximum Gasteiger partial charge on any atom is 0.117 e. The van der Waals surface area contributed by atoms with Crippen molar-refractivity contribution in [1.29, 1.82) is 0 Å². The molecule has 0 spiro atoms. The van der Waals surface area contributed by atoms with Crippen molar-refractivity contribution in [2.24, 2.45) is 0 Å². The van der Waals surface area contributed by atoms with Gasteiger partial charge < -0.3 is 9.73 Å². The van der Waals surface area contributed by atoms with Gasteiger partial charge in [-0.05, 0) is 25.0 Å². The minimum absolute atomic E-state index is 0.660. The van der Waals surface area contributed by atoms with Crippen LogP contribution >= 0.6 is 0 Å². The largest absolute Gasteiger partial charge is 0.468 e. The Bertz CT molecular complexity index is 259. The van der Waals surface area contributed by atoms with E-state index >= 15 is 0 Å². The summed E-state index contributed by atoms with van der Waals surface area (Å²) in [4.78, 5) is 0. The molecule has 0 radical (unpaired) electrons. The summed E-state index contributed by atoms with van der Waals surface area (Å²) in [7, 11) is 0. The quantitative estimate of drug-likeness (QED) is 0.566. The minimum Gasteiger partial charge on any atom is -0.468 e. The molecule has 1 aromatic rings. The summed E-state index contributed by atoms with van der Waals surface area (Å²) in [5.41, 5.74) is 0. The zero-order valence-corrected chi connectivity index (χ0v) is 12.1. The van der Waals surface area contributed by atoms with Gasteiger partial charge in [0, 0.05) is 6.04 Å². The Labute approximate surface area is 112 Å². The van der Waals surface area contributed by atoms with Crippen LogP contribution in [0.4, 0.5) is 0 Å². The molecule has 104 valence electrons. The smallest absolute Gasteiger partial charge is 0.117 e. The molecule has 0 fully saturated rings. The first-order chi connectivity index (χ1) is 8.86. The molecule has 0 aliphatic carbocycles. The summed E-state index contributed by atoms with van der Waals surface area (Å²) in [5.74, 6) is 1.05. The third-order valence-electron chi connectivity index (χ3n) is 3.46. The van der Waals surface area contributed by atoms with Gasteiger partial charge in [-0.15, -0.1) is 0 Å². The van der Waals surface area contributed by atoms with Crippen LogP contribution < -0.4 is 5.32 Å². The van der Waals surface area contributed by atoms with Gasteiger partial charge in [0.15, 0.2) is 0 Å². The average Bonchev–Trinajstić information content (AvgIpc) is 2.89. The molecule has 0 atom stereocenters. The lowest BCUT2D eigenvalue weighted by Crippen LogP contribution is -2.28. The number of hydrogen-bond acceptors (Lipinski definition) is 2. The summed E-state index contributed by atoms with van der Waals surface area (Å²) in [5, 5.41) is 3.65. The van der Waals surface area contributed by atoms with E-state index in [9.17, 15) is 0 Å². The van der Waals surface area contributed by atoms with E-state index in [-0.39, 0.29) is 0 Å². The van der Waals surface area contributed by atoms with Crippen LogP contribution in [0.5, 0.6) is 0 Å². The fraction of sp³-hybridized carbons (Fsp3) is 0.750. The fourth-order valence-corrected chi connectivity index (χ4v) is 2.29. The molecule has 0 saturated carbocycles. The lowest BCUT2D eigenvalue weighted by atomic mass is 10.0. The van der Waals surface area contributed by atoms with Crippen molar-refractivity contribution >= 4 is 0 Å². The summed E-state index contributed by atoms with van der Waals surface area (Å²) < 4.78 is 5.37. The summed E-state index contributed by atoms with van der Waals surface area (Å²) in [6.45, 7) is 5.40. The molecule has 2 nitrogen and oxygen atoms in total. The second-order valence-corrected chi connectivity index (χ2v) is 5.15. The predicted octanol–water partition coefficient (Wildman–Crippen LogP) is 4.90. The van der Waals surface area contributed by atoms with E-state index in [0.717, 1.165) is 12.3 Å². The molecule has 0 aliphatic heterocycles. The Kier molecular flexibility index (Phi) is 8.66. The highest BCUT2D eigenvalue weighted by Gasteiger charge is 2.08. The van der Waals surface area contributed by atoms with E-state index in [1.54, 1.807) is 6.26 Å². The van der Waals surface area contributed by atoms with Gasteiger partial charge in [0.05, 0.1) is 12.8 Å². The molecular formula is C16H29NO. The SMILES string of the molecule is CCCCCC(CCCCC)NCc1ccco1. The molecule has 0 bridgehead atoms. The Morgan fingerprint density at radius 2 is 1.72 bits per heavy atom. The predicted molar refractivity (Wildman–Crippen MR) is 77.6 cm³/mol. The Morgan fingerprint density at radius 3 is 2.22 bits per heavy atom. The van der Waals surface area contributed by atoms with E-state index < -0.39 is 0 Å². The molecule has 18 heavy (non-hydrogen) atoms. The zero-order chi connectivity index (χ0) is 13.1. The number of unbranched alkanes of at least 4 members (excludes halogenated alkanes) is 4. The van der Waals surface area contributed by atoms with Crippen LogP contribution in [0.1, 0.15) is 71.0 Å². The van der Waals surface area contributed by atoms with Gasteiger partial charge in [0.25, 0.3) is 0 Å². The maximum absolute atomic E-state index is 5.37. The van der Waals surface area contributed by atoms with Gasteiger partial charge in [-0.2, -0.15) is 0 Å². The summed E-state index contributed by atoms with van der Waals surface area (Å²) in [6.07, 6.45) is 12.4. The van der Waals surface area contributed by atoms with Crippen LogP contribution in [-0.2, 0) is 6.54 Å². The first-order valence-corrected chi connectivity index (χ1v) is 7.62. The van der Waals surface area contributed by atoms with Crippen LogP contribution in [0, 0.1) is 0 Å². The van der Waals surface area contributed by atoms with Gasteiger partial charge in [-0.3, -0.25) is 0 Å². The average molecular weight is 251 g/mol. The standard InChI is InChI=1S/C16H29NO/c1-3-5-7-10-15(11-8-6-4-2)17-14-16-12-9-13-18-16/h9,12-13,15,17H,3-8,10-11,14H2,1-2H3. The topological polar surface area (TPSA) is 25.2 Å². The number of furan rings is 1. The molecule has 0 unspecified atom stereocenters. The third kappa shape index (κ3) is 6.85. The van der Waals surface area contributed by atoms with Crippen LogP contribution in [0.3, 0.4) is 0 Å². The molecule has 1 aromatic heterocycles. The van der Waals surface area contributed by atoms with Crippen molar-refractivity contribution < 1.29 is 4.42 Å². The second-order valence-electron chi connectivity index (χ2n) is 5.15. The van der Waals surface area contributed by atoms with Crippen LogP contribution in [0.25, 0.3) is 0 Å². The minimum atomic E-state index is 0.660. The van der Waals surface area contributed by atoms with E-state index in [0.29, 0.717) is 6.04 Å². The molecular weight excluding hydrogens is 222 g/mol. The second kappa shape index (κ2) is 10.2. The van der Waals surface area contributed by atoms with Crippen molar-refractivity contribution in [2.75, 3.05) is 0 Å². The number of hydrogen-bond donors (Lipinski definition) is 1.